The SMILES string of the molecule is CCCS(=O)(=O)N1CCCC1C(=O)NCCC(=O)N1CCN(c2ccccc2)CC1. The van der Waals surface area contributed by atoms with Crippen molar-refractivity contribution < 1.29 is 18.0 Å². The lowest BCUT2D eigenvalue weighted by Gasteiger charge is -2.36. The molecule has 2 heterocycles. The predicted octanol–water partition coefficient (Wildman–Crippen LogP) is 1.05. The molecule has 30 heavy (non-hydrogen) atoms. The second kappa shape index (κ2) is 10.3. The van der Waals surface area contributed by atoms with E-state index >= 15 is 0 Å². The van der Waals surface area contributed by atoms with Gasteiger partial charge in [-0.1, -0.05) is 25.1 Å². The third-order valence-electron chi connectivity index (χ3n) is 5.72. The molecule has 2 amide bonds. The molecule has 0 bridgehead atoms. The number of piperazine rings is 1. The first kappa shape index (κ1) is 22.6. The smallest absolute Gasteiger partial charge is 0.238 e. The maximum atomic E-state index is 12.5. The van der Waals surface area contributed by atoms with Crippen LogP contribution in [0.1, 0.15) is 32.6 Å². The molecule has 8 nitrogen and oxygen atoms in total. The van der Waals surface area contributed by atoms with Crippen molar-refractivity contribution in [2.24, 2.45) is 0 Å². The van der Waals surface area contributed by atoms with Gasteiger partial charge in [0.1, 0.15) is 6.04 Å². The number of amides is 2. The molecule has 166 valence electrons. The van der Waals surface area contributed by atoms with Gasteiger partial charge in [0.15, 0.2) is 0 Å². The lowest BCUT2D eigenvalue weighted by molar-refractivity contribution is -0.131. The first-order chi connectivity index (χ1) is 14.4. The van der Waals surface area contributed by atoms with Crippen LogP contribution in [0.5, 0.6) is 0 Å². The molecule has 2 saturated heterocycles. The molecule has 2 fully saturated rings. The van der Waals surface area contributed by atoms with Gasteiger partial charge < -0.3 is 15.1 Å². The number of sulfonamides is 1. The van der Waals surface area contributed by atoms with Crippen LogP contribution in [0.25, 0.3) is 0 Å². The molecule has 1 N–H and O–H groups in total. The highest BCUT2D eigenvalue weighted by molar-refractivity contribution is 7.89. The first-order valence-corrected chi connectivity index (χ1v) is 12.4. The van der Waals surface area contributed by atoms with Crippen LogP contribution in [0.15, 0.2) is 30.3 Å². The van der Waals surface area contributed by atoms with Gasteiger partial charge in [-0.2, -0.15) is 4.31 Å². The van der Waals surface area contributed by atoms with E-state index in [9.17, 15) is 18.0 Å². The van der Waals surface area contributed by atoms with Gasteiger partial charge in [0.2, 0.25) is 21.8 Å². The molecule has 0 aliphatic carbocycles. The van der Waals surface area contributed by atoms with Gasteiger partial charge in [0, 0.05) is 51.4 Å². The summed E-state index contributed by atoms with van der Waals surface area (Å²) in [6, 6.07) is 9.50. The Morgan fingerprint density at radius 1 is 1.07 bits per heavy atom. The minimum absolute atomic E-state index is 0.0184. The number of hydrogen-bond acceptors (Lipinski definition) is 5. The molecule has 3 rings (SSSR count). The van der Waals surface area contributed by atoms with Crippen LogP contribution >= 0.6 is 0 Å². The number of para-hydroxylation sites is 1. The second-order valence-corrected chi connectivity index (χ2v) is 9.87. The molecule has 2 aliphatic rings. The molecule has 0 spiro atoms. The quantitative estimate of drug-likeness (QED) is 0.658. The third kappa shape index (κ3) is 5.51. The van der Waals surface area contributed by atoms with E-state index in [2.05, 4.69) is 22.3 Å². The minimum atomic E-state index is -3.40. The standard InChI is InChI=1S/C21H32N4O4S/c1-2-17-30(28,29)25-12-6-9-19(25)21(27)22-11-10-20(26)24-15-13-23(14-16-24)18-7-4-3-5-8-18/h3-5,7-8,19H,2,6,9-17H2,1H3,(H,22,27). The Morgan fingerprint density at radius 2 is 1.77 bits per heavy atom. The van der Waals surface area contributed by atoms with Gasteiger partial charge in [-0.05, 0) is 31.4 Å². The van der Waals surface area contributed by atoms with Crippen LogP contribution in [0.3, 0.4) is 0 Å². The molecular formula is C21H32N4O4S. The van der Waals surface area contributed by atoms with Gasteiger partial charge in [0.25, 0.3) is 0 Å². The zero-order valence-corrected chi connectivity index (χ0v) is 18.4. The van der Waals surface area contributed by atoms with Gasteiger partial charge >= 0.3 is 0 Å². The maximum absolute atomic E-state index is 12.5. The number of hydrogen-bond donors (Lipinski definition) is 1. The summed E-state index contributed by atoms with van der Waals surface area (Å²) in [5.74, 6) is -0.219. The number of nitrogens with one attached hydrogen (secondary N) is 1. The Morgan fingerprint density at radius 3 is 2.43 bits per heavy atom. The van der Waals surface area contributed by atoms with Crippen molar-refractivity contribution in [1.29, 1.82) is 0 Å². The van der Waals surface area contributed by atoms with Gasteiger partial charge in [0.05, 0.1) is 5.75 Å². The molecule has 1 aromatic rings. The Hall–Kier alpha value is -2.13. The Kier molecular flexibility index (Phi) is 7.71. The summed E-state index contributed by atoms with van der Waals surface area (Å²) in [5, 5.41) is 2.77. The minimum Gasteiger partial charge on any atom is -0.368 e. The number of carbonyl (C=O) groups excluding carboxylic acids is 2. The summed E-state index contributed by atoms with van der Waals surface area (Å²) >= 11 is 0. The topological polar surface area (TPSA) is 90.0 Å². The largest absolute Gasteiger partial charge is 0.368 e. The van der Waals surface area contributed by atoms with Crippen molar-refractivity contribution in [1.82, 2.24) is 14.5 Å². The van der Waals surface area contributed by atoms with Crippen molar-refractivity contribution >= 4 is 27.5 Å². The Bertz CT molecular complexity index is 823. The van der Waals surface area contributed by atoms with Crippen LogP contribution in [-0.2, 0) is 19.6 Å². The fourth-order valence-electron chi connectivity index (χ4n) is 4.13. The van der Waals surface area contributed by atoms with E-state index in [4.69, 9.17) is 0 Å². The molecule has 1 unspecified atom stereocenters. The van der Waals surface area contributed by atoms with Crippen LogP contribution in [0.4, 0.5) is 5.69 Å². The van der Waals surface area contributed by atoms with Crippen LogP contribution in [0.2, 0.25) is 0 Å². The summed E-state index contributed by atoms with van der Waals surface area (Å²) < 4.78 is 26.0. The highest BCUT2D eigenvalue weighted by atomic mass is 32.2. The molecule has 0 saturated carbocycles. The highest BCUT2D eigenvalue weighted by Crippen LogP contribution is 2.22. The monoisotopic (exact) mass is 436 g/mol. The Labute approximate surface area is 179 Å². The molecule has 9 heteroatoms. The third-order valence-corrected chi connectivity index (χ3v) is 7.79. The van der Waals surface area contributed by atoms with E-state index in [1.54, 1.807) is 0 Å². The number of rotatable bonds is 8. The maximum Gasteiger partial charge on any atom is 0.238 e. The van der Waals surface area contributed by atoms with Crippen molar-refractivity contribution in [3.05, 3.63) is 30.3 Å². The molecule has 0 radical (unpaired) electrons. The first-order valence-electron chi connectivity index (χ1n) is 10.8. The fraction of sp³-hybridized carbons (Fsp3) is 0.619. The number of benzene rings is 1. The van der Waals surface area contributed by atoms with Crippen molar-refractivity contribution in [3.63, 3.8) is 0 Å². The average Bonchev–Trinajstić information content (AvgIpc) is 3.25. The van der Waals surface area contributed by atoms with Crippen molar-refractivity contribution in [2.75, 3.05) is 49.9 Å². The second-order valence-electron chi connectivity index (χ2n) is 7.83. The summed E-state index contributed by atoms with van der Waals surface area (Å²) in [5.41, 5.74) is 1.16. The highest BCUT2D eigenvalue weighted by Gasteiger charge is 2.37. The molecule has 1 atom stereocenters. The van der Waals surface area contributed by atoms with Crippen LogP contribution in [0, 0.1) is 0 Å². The number of anilines is 1. The van der Waals surface area contributed by atoms with Gasteiger partial charge in [-0.3, -0.25) is 9.59 Å². The van der Waals surface area contributed by atoms with Gasteiger partial charge in [-0.15, -0.1) is 0 Å². The average molecular weight is 437 g/mol. The molecular weight excluding hydrogens is 404 g/mol. The molecule has 0 aromatic heterocycles. The summed E-state index contributed by atoms with van der Waals surface area (Å²) in [4.78, 5) is 29.1. The predicted molar refractivity (Wildman–Crippen MR) is 117 cm³/mol. The normalized spacial score (nSPS) is 20.4. The van der Waals surface area contributed by atoms with E-state index < -0.39 is 16.1 Å². The van der Waals surface area contributed by atoms with E-state index in [0.29, 0.717) is 38.9 Å². The van der Waals surface area contributed by atoms with E-state index in [1.165, 1.54) is 4.31 Å². The van der Waals surface area contributed by atoms with Crippen molar-refractivity contribution in [2.45, 2.75) is 38.6 Å². The zero-order valence-electron chi connectivity index (χ0n) is 17.6. The van der Waals surface area contributed by atoms with Crippen LogP contribution in [-0.4, -0.2) is 80.5 Å². The molecule has 2 aliphatic heterocycles. The fourth-order valence-corrected chi connectivity index (χ4v) is 5.88. The summed E-state index contributed by atoms with van der Waals surface area (Å²) in [6.07, 6.45) is 1.97. The van der Waals surface area contributed by atoms with Gasteiger partial charge in [-0.25, -0.2) is 8.42 Å². The van der Waals surface area contributed by atoms with Crippen LogP contribution < -0.4 is 10.2 Å². The number of nitrogens with zero attached hydrogens (tertiary/aromatic N) is 3. The van der Waals surface area contributed by atoms with E-state index in [-0.39, 0.29) is 30.5 Å². The van der Waals surface area contributed by atoms with E-state index in [1.807, 2.05) is 30.0 Å². The van der Waals surface area contributed by atoms with Crippen molar-refractivity contribution in [3.8, 4) is 0 Å². The lowest BCUT2D eigenvalue weighted by atomic mass is 10.2. The summed E-state index contributed by atoms with van der Waals surface area (Å²) in [6.45, 7) is 5.33. The molecule has 1 aromatic carbocycles. The zero-order chi connectivity index (χ0) is 21.6. The van der Waals surface area contributed by atoms with E-state index in [0.717, 1.165) is 18.8 Å². The lowest BCUT2D eigenvalue weighted by Crippen LogP contribution is -2.50. The summed E-state index contributed by atoms with van der Waals surface area (Å²) in [7, 11) is -3.40. The Balaban J connectivity index is 1.42. The number of carbonyl (C=O) groups is 2.